The summed E-state index contributed by atoms with van der Waals surface area (Å²) in [4.78, 5) is 0. The molecule has 2 atom stereocenters. The lowest BCUT2D eigenvalue weighted by Crippen LogP contribution is -2.27. The zero-order chi connectivity index (χ0) is 14.0. The zero-order valence-electron chi connectivity index (χ0n) is 12.0. The molecule has 2 rings (SSSR count). The molecule has 0 bridgehead atoms. The smallest absolute Gasteiger partial charge is 0.138 e. The van der Waals surface area contributed by atoms with Gasteiger partial charge in [0, 0.05) is 17.2 Å². The summed E-state index contributed by atoms with van der Waals surface area (Å²) in [5.74, 6) is 2.40. The van der Waals surface area contributed by atoms with Crippen molar-refractivity contribution in [3.05, 3.63) is 21.7 Å². The van der Waals surface area contributed by atoms with Crippen molar-refractivity contribution in [2.75, 3.05) is 20.8 Å². The summed E-state index contributed by atoms with van der Waals surface area (Å²) in [6.07, 6.45) is 2.31. The van der Waals surface area contributed by atoms with Crippen molar-refractivity contribution in [1.82, 2.24) is 5.32 Å². The Morgan fingerprint density at radius 3 is 2.58 bits per heavy atom. The molecule has 0 saturated carbocycles. The van der Waals surface area contributed by atoms with Gasteiger partial charge in [-0.15, -0.1) is 0 Å². The van der Waals surface area contributed by atoms with E-state index in [9.17, 15) is 0 Å². The molecule has 0 aromatic heterocycles. The van der Waals surface area contributed by atoms with Crippen molar-refractivity contribution in [3.63, 3.8) is 0 Å². The molecule has 1 aromatic rings. The first-order valence-corrected chi connectivity index (χ1v) is 7.60. The molecule has 19 heavy (non-hydrogen) atoms. The second kappa shape index (κ2) is 6.14. The van der Waals surface area contributed by atoms with Crippen LogP contribution in [0.5, 0.6) is 11.5 Å². The number of hydrogen-bond donors (Lipinski definition) is 1. The van der Waals surface area contributed by atoms with Gasteiger partial charge in [-0.25, -0.2) is 0 Å². The number of halogens is 1. The van der Waals surface area contributed by atoms with Crippen LogP contribution >= 0.6 is 15.9 Å². The molecule has 0 fully saturated rings. The maximum Gasteiger partial charge on any atom is 0.138 e. The van der Waals surface area contributed by atoms with Gasteiger partial charge in [-0.3, -0.25) is 0 Å². The van der Waals surface area contributed by atoms with Gasteiger partial charge in [0.1, 0.15) is 11.5 Å². The highest BCUT2D eigenvalue weighted by atomic mass is 79.9. The molecule has 2 unspecified atom stereocenters. The van der Waals surface area contributed by atoms with Crippen LogP contribution in [0.15, 0.2) is 10.5 Å². The quantitative estimate of drug-likeness (QED) is 0.906. The summed E-state index contributed by atoms with van der Waals surface area (Å²) < 4.78 is 12.2. The fourth-order valence-electron chi connectivity index (χ4n) is 3.03. The first kappa shape index (κ1) is 14.7. The zero-order valence-corrected chi connectivity index (χ0v) is 13.6. The minimum Gasteiger partial charge on any atom is -0.496 e. The summed E-state index contributed by atoms with van der Waals surface area (Å²) in [6, 6.07) is 2.36. The Balaban J connectivity index is 2.64. The fourth-order valence-corrected chi connectivity index (χ4v) is 3.61. The lowest BCUT2D eigenvalue weighted by molar-refractivity contribution is 0.357. The minimum absolute atomic E-state index is 0.345. The van der Waals surface area contributed by atoms with Crippen LogP contribution in [0.4, 0.5) is 0 Å². The van der Waals surface area contributed by atoms with E-state index in [2.05, 4.69) is 35.1 Å². The van der Waals surface area contributed by atoms with Gasteiger partial charge in [0.15, 0.2) is 0 Å². The summed E-state index contributed by atoms with van der Waals surface area (Å²) in [5, 5.41) is 3.56. The van der Waals surface area contributed by atoms with Crippen molar-refractivity contribution >= 4 is 15.9 Å². The standard InChI is InChI=1S/C15H22BrNO2/c1-5-17-11-7-6-9(2)13-12(18-3)8-10(16)15(19-4)14(11)13/h8-9,11,17H,5-7H2,1-4H3. The van der Waals surface area contributed by atoms with Gasteiger partial charge >= 0.3 is 0 Å². The van der Waals surface area contributed by atoms with Gasteiger partial charge in [0.25, 0.3) is 0 Å². The van der Waals surface area contributed by atoms with Crippen molar-refractivity contribution < 1.29 is 9.47 Å². The highest BCUT2D eigenvalue weighted by molar-refractivity contribution is 9.10. The molecule has 0 amide bonds. The second-order valence-corrected chi connectivity index (χ2v) is 5.86. The van der Waals surface area contributed by atoms with E-state index in [4.69, 9.17) is 9.47 Å². The van der Waals surface area contributed by atoms with E-state index < -0.39 is 0 Å². The first-order valence-electron chi connectivity index (χ1n) is 6.81. The van der Waals surface area contributed by atoms with Gasteiger partial charge in [-0.05, 0) is 47.3 Å². The highest BCUT2D eigenvalue weighted by Crippen LogP contribution is 2.49. The first-order chi connectivity index (χ1) is 9.13. The van der Waals surface area contributed by atoms with Crippen LogP contribution < -0.4 is 14.8 Å². The number of rotatable bonds is 4. The maximum absolute atomic E-state index is 5.63. The molecular weight excluding hydrogens is 306 g/mol. The van der Waals surface area contributed by atoms with E-state index in [1.54, 1.807) is 14.2 Å². The molecule has 1 aromatic carbocycles. The van der Waals surface area contributed by atoms with Crippen LogP contribution in [0, 0.1) is 0 Å². The number of nitrogens with one attached hydrogen (secondary N) is 1. The van der Waals surface area contributed by atoms with E-state index in [0.29, 0.717) is 12.0 Å². The Morgan fingerprint density at radius 1 is 1.26 bits per heavy atom. The van der Waals surface area contributed by atoms with E-state index in [1.807, 2.05) is 6.07 Å². The molecule has 0 aliphatic heterocycles. The van der Waals surface area contributed by atoms with Gasteiger partial charge in [0.2, 0.25) is 0 Å². The number of benzene rings is 1. The van der Waals surface area contributed by atoms with E-state index >= 15 is 0 Å². The molecule has 0 heterocycles. The molecule has 4 heteroatoms. The van der Waals surface area contributed by atoms with Crippen LogP contribution in [0.3, 0.4) is 0 Å². The predicted molar refractivity (Wildman–Crippen MR) is 81.3 cm³/mol. The molecule has 0 radical (unpaired) electrons. The van der Waals surface area contributed by atoms with Gasteiger partial charge in [-0.2, -0.15) is 0 Å². The molecule has 0 saturated heterocycles. The third kappa shape index (κ3) is 2.61. The van der Waals surface area contributed by atoms with E-state index in [-0.39, 0.29) is 0 Å². The monoisotopic (exact) mass is 327 g/mol. The van der Waals surface area contributed by atoms with Crippen molar-refractivity contribution in [1.29, 1.82) is 0 Å². The lowest BCUT2D eigenvalue weighted by Gasteiger charge is -2.33. The third-order valence-corrected chi connectivity index (χ3v) is 4.47. The van der Waals surface area contributed by atoms with Crippen molar-refractivity contribution in [2.45, 2.75) is 38.6 Å². The second-order valence-electron chi connectivity index (χ2n) is 5.01. The fraction of sp³-hybridized carbons (Fsp3) is 0.600. The molecule has 1 aliphatic carbocycles. The third-order valence-electron chi connectivity index (χ3n) is 3.88. The Morgan fingerprint density at radius 2 is 2.00 bits per heavy atom. The van der Waals surface area contributed by atoms with Gasteiger partial charge in [0.05, 0.1) is 18.7 Å². The summed E-state index contributed by atoms with van der Waals surface area (Å²) in [6.45, 7) is 5.35. The number of fused-ring (bicyclic) bond motifs is 1. The Kier molecular flexibility index (Phi) is 4.74. The molecular formula is C15H22BrNO2. The van der Waals surface area contributed by atoms with Crippen LogP contribution in [0.25, 0.3) is 0 Å². The average molecular weight is 328 g/mol. The maximum atomic E-state index is 5.63. The van der Waals surface area contributed by atoms with Crippen LogP contribution in [0.1, 0.15) is 49.8 Å². The highest BCUT2D eigenvalue weighted by Gasteiger charge is 2.31. The Hall–Kier alpha value is -0.740. The molecule has 1 aliphatic rings. The molecule has 0 spiro atoms. The SMILES string of the molecule is CCNC1CCC(C)c2c(OC)cc(Br)c(OC)c21. The van der Waals surface area contributed by atoms with E-state index in [1.165, 1.54) is 17.5 Å². The summed E-state index contributed by atoms with van der Waals surface area (Å²) >= 11 is 3.59. The number of hydrogen-bond acceptors (Lipinski definition) is 3. The summed E-state index contributed by atoms with van der Waals surface area (Å²) in [7, 11) is 3.47. The lowest BCUT2D eigenvalue weighted by atomic mass is 9.80. The molecule has 1 N–H and O–H groups in total. The van der Waals surface area contributed by atoms with Gasteiger partial charge < -0.3 is 14.8 Å². The largest absolute Gasteiger partial charge is 0.496 e. The summed E-state index contributed by atoms with van der Waals surface area (Å²) in [5.41, 5.74) is 2.55. The van der Waals surface area contributed by atoms with Crippen LogP contribution in [-0.2, 0) is 0 Å². The number of methoxy groups -OCH3 is 2. The number of ether oxygens (including phenoxy) is 2. The minimum atomic E-state index is 0.345. The normalized spacial score (nSPS) is 21.9. The van der Waals surface area contributed by atoms with Crippen molar-refractivity contribution in [3.8, 4) is 11.5 Å². The van der Waals surface area contributed by atoms with E-state index in [0.717, 1.165) is 28.9 Å². The van der Waals surface area contributed by atoms with Crippen molar-refractivity contribution in [2.24, 2.45) is 0 Å². The topological polar surface area (TPSA) is 30.5 Å². The Bertz CT molecular complexity index is 462. The van der Waals surface area contributed by atoms with Crippen LogP contribution in [0.2, 0.25) is 0 Å². The molecule has 106 valence electrons. The molecule has 3 nitrogen and oxygen atoms in total. The average Bonchev–Trinajstić information content (AvgIpc) is 2.41. The Labute approximate surface area is 123 Å². The predicted octanol–water partition coefficient (Wildman–Crippen LogP) is 4.01. The van der Waals surface area contributed by atoms with Crippen LogP contribution in [-0.4, -0.2) is 20.8 Å². The van der Waals surface area contributed by atoms with Gasteiger partial charge in [-0.1, -0.05) is 13.8 Å².